The first-order valence-corrected chi connectivity index (χ1v) is 11.2. The van der Waals surface area contributed by atoms with Crippen LogP contribution in [0.3, 0.4) is 0 Å². The number of benzene rings is 4. The molecule has 5 heteroatoms. The molecule has 0 aliphatic carbocycles. The van der Waals surface area contributed by atoms with Crippen LogP contribution in [-0.4, -0.2) is 11.8 Å². The van der Waals surface area contributed by atoms with E-state index >= 15 is 0 Å². The van der Waals surface area contributed by atoms with Gasteiger partial charge in [-0.1, -0.05) is 103 Å². The number of nitrogens with one attached hydrogen (secondary N) is 2. The van der Waals surface area contributed by atoms with E-state index in [1.807, 2.05) is 91.0 Å². The van der Waals surface area contributed by atoms with E-state index < -0.39 is 12.0 Å². The highest BCUT2D eigenvalue weighted by atomic mass is 16.2. The van der Waals surface area contributed by atoms with Crippen molar-refractivity contribution >= 4 is 17.5 Å². The monoisotopic (exact) mass is 449 g/mol. The van der Waals surface area contributed by atoms with Gasteiger partial charge in [-0.3, -0.25) is 9.59 Å². The fourth-order valence-electron chi connectivity index (χ4n) is 3.94. The van der Waals surface area contributed by atoms with Crippen LogP contribution >= 0.6 is 0 Å². The molecule has 0 saturated heterocycles. The predicted molar refractivity (Wildman–Crippen MR) is 135 cm³/mol. The molecular weight excluding hydrogens is 422 g/mol. The Morgan fingerprint density at radius 3 is 1.74 bits per heavy atom. The summed E-state index contributed by atoms with van der Waals surface area (Å²) in [6.45, 7) is 0.356. The number of nitrogens with two attached hydrogens (primary N) is 1. The van der Waals surface area contributed by atoms with Crippen LogP contribution in [0.1, 0.15) is 34.2 Å². The van der Waals surface area contributed by atoms with Gasteiger partial charge in [0.2, 0.25) is 11.8 Å². The van der Waals surface area contributed by atoms with Crippen LogP contribution in [0.5, 0.6) is 0 Å². The first-order chi connectivity index (χ1) is 16.6. The lowest BCUT2D eigenvalue weighted by atomic mass is 9.90. The van der Waals surface area contributed by atoms with E-state index in [2.05, 4.69) is 10.6 Å². The molecule has 0 fully saturated rings. The molecule has 0 spiro atoms. The summed E-state index contributed by atoms with van der Waals surface area (Å²) >= 11 is 0. The largest absolute Gasteiger partial charge is 0.399 e. The van der Waals surface area contributed by atoms with Crippen molar-refractivity contribution in [3.8, 4) is 0 Å². The van der Waals surface area contributed by atoms with Crippen LogP contribution in [0.4, 0.5) is 5.69 Å². The van der Waals surface area contributed by atoms with E-state index in [0.717, 1.165) is 16.7 Å². The Hall–Kier alpha value is -4.38. The Morgan fingerprint density at radius 1 is 0.647 bits per heavy atom. The van der Waals surface area contributed by atoms with Crippen LogP contribution in [-0.2, 0) is 16.1 Å². The molecule has 170 valence electrons. The second-order valence-electron chi connectivity index (χ2n) is 8.07. The SMILES string of the molecule is Nc1cccc([C@@H](NC(=O)C(c2ccccc2)c2ccccc2)C(=O)NCc2ccccc2)c1. The maximum atomic E-state index is 13.7. The average molecular weight is 450 g/mol. The van der Waals surface area contributed by atoms with Crippen molar-refractivity contribution < 1.29 is 9.59 Å². The van der Waals surface area contributed by atoms with Gasteiger partial charge in [0.15, 0.2) is 0 Å². The van der Waals surface area contributed by atoms with Gasteiger partial charge in [-0.15, -0.1) is 0 Å². The molecular formula is C29H27N3O2. The molecule has 2 amide bonds. The summed E-state index contributed by atoms with van der Waals surface area (Å²) in [5.74, 6) is -1.13. The lowest BCUT2D eigenvalue weighted by Gasteiger charge is -2.24. The second-order valence-corrected chi connectivity index (χ2v) is 8.07. The minimum Gasteiger partial charge on any atom is -0.399 e. The van der Waals surface area contributed by atoms with E-state index in [1.165, 1.54) is 0 Å². The van der Waals surface area contributed by atoms with E-state index in [-0.39, 0.29) is 11.8 Å². The minimum absolute atomic E-state index is 0.264. The van der Waals surface area contributed by atoms with Crippen molar-refractivity contribution in [1.29, 1.82) is 0 Å². The molecule has 0 saturated carbocycles. The number of anilines is 1. The fourth-order valence-corrected chi connectivity index (χ4v) is 3.94. The zero-order valence-corrected chi connectivity index (χ0v) is 18.7. The van der Waals surface area contributed by atoms with Gasteiger partial charge in [0.05, 0.1) is 5.92 Å². The van der Waals surface area contributed by atoms with Crippen LogP contribution in [0.25, 0.3) is 0 Å². The van der Waals surface area contributed by atoms with Crippen LogP contribution in [0, 0.1) is 0 Å². The fraction of sp³-hybridized carbons (Fsp3) is 0.103. The normalized spacial score (nSPS) is 11.6. The Bertz CT molecular complexity index is 1190. The third kappa shape index (κ3) is 5.70. The van der Waals surface area contributed by atoms with E-state index in [9.17, 15) is 9.59 Å². The zero-order valence-electron chi connectivity index (χ0n) is 18.7. The Balaban J connectivity index is 1.62. The zero-order chi connectivity index (χ0) is 23.8. The second kappa shape index (κ2) is 11.0. The number of hydrogen-bond donors (Lipinski definition) is 3. The summed E-state index contributed by atoms with van der Waals surface area (Å²) in [5.41, 5.74) is 9.81. The molecule has 34 heavy (non-hydrogen) atoms. The van der Waals surface area contributed by atoms with Gasteiger partial charge in [0, 0.05) is 12.2 Å². The van der Waals surface area contributed by atoms with Crippen molar-refractivity contribution in [3.05, 3.63) is 138 Å². The van der Waals surface area contributed by atoms with E-state index in [4.69, 9.17) is 5.73 Å². The highest BCUT2D eigenvalue weighted by Gasteiger charge is 2.29. The van der Waals surface area contributed by atoms with Crippen molar-refractivity contribution in [2.75, 3.05) is 5.73 Å². The molecule has 4 N–H and O–H groups in total. The third-order valence-corrected chi connectivity index (χ3v) is 5.63. The molecule has 0 bridgehead atoms. The highest BCUT2D eigenvalue weighted by Crippen LogP contribution is 2.26. The highest BCUT2D eigenvalue weighted by molar-refractivity contribution is 5.93. The molecule has 5 nitrogen and oxygen atoms in total. The molecule has 4 aromatic carbocycles. The van der Waals surface area contributed by atoms with Crippen LogP contribution in [0.2, 0.25) is 0 Å². The number of hydrogen-bond acceptors (Lipinski definition) is 3. The molecule has 4 aromatic rings. The molecule has 0 aliphatic rings. The third-order valence-electron chi connectivity index (χ3n) is 5.63. The lowest BCUT2D eigenvalue weighted by molar-refractivity contribution is -0.129. The summed E-state index contributed by atoms with van der Waals surface area (Å²) in [6, 6.07) is 34.9. The van der Waals surface area contributed by atoms with E-state index in [0.29, 0.717) is 17.8 Å². The number of rotatable bonds is 8. The summed E-state index contributed by atoms with van der Waals surface area (Å²) in [4.78, 5) is 27.0. The van der Waals surface area contributed by atoms with Crippen molar-refractivity contribution in [2.45, 2.75) is 18.5 Å². The molecule has 1 atom stereocenters. The number of nitrogen functional groups attached to an aromatic ring is 1. The van der Waals surface area contributed by atoms with Gasteiger partial charge >= 0.3 is 0 Å². The van der Waals surface area contributed by atoms with Crippen LogP contribution in [0.15, 0.2) is 115 Å². The Morgan fingerprint density at radius 2 is 1.18 bits per heavy atom. The van der Waals surface area contributed by atoms with Gasteiger partial charge in [-0.2, -0.15) is 0 Å². The van der Waals surface area contributed by atoms with Crippen molar-refractivity contribution in [3.63, 3.8) is 0 Å². The number of carbonyl (C=O) groups is 2. The molecule has 0 heterocycles. The lowest BCUT2D eigenvalue weighted by Crippen LogP contribution is -2.42. The quantitative estimate of drug-likeness (QED) is 0.345. The molecule has 0 aromatic heterocycles. The first-order valence-electron chi connectivity index (χ1n) is 11.2. The maximum Gasteiger partial charge on any atom is 0.247 e. The van der Waals surface area contributed by atoms with Gasteiger partial charge in [0.25, 0.3) is 0 Å². The van der Waals surface area contributed by atoms with Gasteiger partial charge < -0.3 is 16.4 Å². The topological polar surface area (TPSA) is 84.2 Å². The van der Waals surface area contributed by atoms with Crippen molar-refractivity contribution in [1.82, 2.24) is 10.6 Å². The molecule has 4 rings (SSSR count). The number of amides is 2. The maximum absolute atomic E-state index is 13.7. The summed E-state index contributed by atoms with van der Waals surface area (Å²) < 4.78 is 0. The summed E-state index contributed by atoms with van der Waals surface area (Å²) in [7, 11) is 0. The molecule has 0 radical (unpaired) electrons. The summed E-state index contributed by atoms with van der Waals surface area (Å²) in [5, 5.41) is 5.93. The standard InChI is InChI=1S/C29H27N3O2/c30-25-18-10-17-24(19-25)27(29(34)31-20-21-11-4-1-5-12-21)32-28(33)26(22-13-6-2-7-14-22)23-15-8-3-9-16-23/h1-19,26-27H,20,30H2,(H,31,34)(H,32,33)/t27-/m1/s1. The van der Waals surface area contributed by atoms with E-state index in [1.54, 1.807) is 24.3 Å². The Kier molecular flexibility index (Phi) is 7.35. The summed E-state index contributed by atoms with van der Waals surface area (Å²) in [6.07, 6.45) is 0. The minimum atomic E-state index is -0.894. The molecule has 0 unspecified atom stereocenters. The smallest absolute Gasteiger partial charge is 0.247 e. The number of carbonyl (C=O) groups excluding carboxylic acids is 2. The van der Waals surface area contributed by atoms with Crippen LogP contribution < -0.4 is 16.4 Å². The van der Waals surface area contributed by atoms with Gasteiger partial charge in [0.1, 0.15) is 6.04 Å². The van der Waals surface area contributed by atoms with Crippen molar-refractivity contribution in [2.24, 2.45) is 0 Å². The predicted octanol–water partition coefficient (Wildman–Crippen LogP) is 4.57. The first kappa shape index (κ1) is 22.8. The average Bonchev–Trinajstić information content (AvgIpc) is 2.88. The Labute approximate surface area is 199 Å². The van der Waals surface area contributed by atoms with Gasteiger partial charge in [-0.05, 0) is 34.4 Å². The molecule has 0 aliphatic heterocycles. The van der Waals surface area contributed by atoms with Gasteiger partial charge in [-0.25, -0.2) is 0 Å².